The van der Waals surface area contributed by atoms with Crippen LogP contribution in [0.4, 0.5) is 0 Å². The van der Waals surface area contributed by atoms with Gasteiger partial charge in [-0.2, -0.15) is 5.26 Å². The number of benzene rings is 1. The van der Waals surface area contributed by atoms with Crippen LogP contribution in [0.25, 0.3) is 0 Å². The molecular weight excluding hydrogens is 299 g/mol. The third kappa shape index (κ3) is 3.78. The topological polar surface area (TPSA) is 62.1 Å². The Morgan fingerprint density at radius 3 is 2.45 bits per heavy atom. The maximum atomic E-state index is 11.9. The zero-order chi connectivity index (χ0) is 14.6. The molecule has 6 heteroatoms. The first-order valence-electron chi connectivity index (χ1n) is 6.34. The van der Waals surface area contributed by atoms with E-state index >= 15 is 0 Å². The van der Waals surface area contributed by atoms with Crippen LogP contribution in [-0.2, 0) is 4.79 Å². The van der Waals surface area contributed by atoms with Crippen LogP contribution in [0.3, 0.4) is 0 Å². The third-order valence-electron chi connectivity index (χ3n) is 3.26. The van der Waals surface area contributed by atoms with Gasteiger partial charge in [-0.05, 0) is 43.9 Å². The number of halogens is 2. The van der Waals surface area contributed by atoms with Gasteiger partial charge in [0.2, 0.25) is 0 Å². The molecule has 1 aromatic carbocycles. The van der Waals surface area contributed by atoms with Gasteiger partial charge in [0.15, 0.2) is 6.61 Å². The van der Waals surface area contributed by atoms with Gasteiger partial charge in [-0.1, -0.05) is 23.2 Å². The van der Waals surface area contributed by atoms with E-state index in [1.807, 2.05) is 0 Å². The molecule has 0 atom stereocenters. The fourth-order valence-corrected chi connectivity index (χ4v) is 2.81. The summed E-state index contributed by atoms with van der Waals surface area (Å²) in [6.45, 7) is -0.167. The second kappa shape index (κ2) is 6.34. The molecule has 0 saturated heterocycles. The first-order valence-corrected chi connectivity index (χ1v) is 7.10. The molecule has 20 heavy (non-hydrogen) atoms. The monoisotopic (exact) mass is 312 g/mol. The van der Waals surface area contributed by atoms with E-state index in [1.54, 1.807) is 18.2 Å². The lowest BCUT2D eigenvalue weighted by Gasteiger charge is -2.21. The van der Waals surface area contributed by atoms with E-state index in [0.29, 0.717) is 28.6 Å². The quantitative estimate of drug-likeness (QED) is 0.927. The Bertz CT molecular complexity index is 528. The number of rotatable bonds is 4. The minimum Gasteiger partial charge on any atom is -0.484 e. The standard InChI is InChI=1S/C14H14Cl2N2O2/c15-10-5-11(16)7-12(6-10)20-8-13(19)18-14(9-17)3-1-2-4-14/h5-7H,1-4,8H2,(H,18,19). The van der Waals surface area contributed by atoms with E-state index in [4.69, 9.17) is 27.9 Å². The van der Waals surface area contributed by atoms with Crippen LogP contribution >= 0.6 is 23.2 Å². The van der Waals surface area contributed by atoms with Crippen molar-refractivity contribution < 1.29 is 9.53 Å². The second-order valence-electron chi connectivity index (χ2n) is 4.84. The van der Waals surface area contributed by atoms with Crippen LogP contribution in [0.2, 0.25) is 10.0 Å². The maximum absolute atomic E-state index is 11.9. The Labute approximate surface area is 127 Å². The number of carbonyl (C=O) groups is 1. The summed E-state index contributed by atoms with van der Waals surface area (Å²) in [6.07, 6.45) is 3.30. The molecule has 0 heterocycles. The molecule has 0 radical (unpaired) electrons. The molecule has 1 N–H and O–H groups in total. The summed E-state index contributed by atoms with van der Waals surface area (Å²) in [5, 5.41) is 12.8. The summed E-state index contributed by atoms with van der Waals surface area (Å²) in [5.41, 5.74) is -0.730. The minimum absolute atomic E-state index is 0.167. The van der Waals surface area contributed by atoms with Crippen molar-refractivity contribution in [1.82, 2.24) is 5.32 Å². The highest BCUT2D eigenvalue weighted by atomic mass is 35.5. The van der Waals surface area contributed by atoms with Gasteiger partial charge in [0.25, 0.3) is 5.91 Å². The zero-order valence-electron chi connectivity index (χ0n) is 10.8. The van der Waals surface area contributed by atoms with Crippen molar-refractivity contribution in [2.75, 3.05) is 6.61 Å². The Morgan fingerprint density at radius 2 is 1.90 bits per heavy atom. The van der Waals surface area contributed by atoms with Crippen LogP contribution in [0.15, 0.2) is 18.2 Å². The van der Waals surface area contributed by atoms with Crippen LogP contribution in [0, 0.1) is 11.3 Å². The van der Waals surface area contributed by atoms with Gasteiger partial charge in [-0.25, -0.2) is 0 Å². The molecule has 2 rings (SSSR count). The number of nitriles is 1. The van der Waals surface area contributed by atoms with Gasteiger partial charge in [0.1, 0.15) is 11.3 Å². The number of amides is 1. The average molecular weight is 313 g/mol. The summed E-state index contributed by atoms with van der Waals surface area (Å²) in [5.74, 6) is 0.111. The van der Waals surface area contributed by atoms with E-state index in [0.717, 1.165) is 12.8 Å². The van der Waals surface area contributed by atoms with Gasteiger partial charge in [-0.3, -0.25) is 4.79 Å². The second-order valence-corrected chi connectivity index (χ2v) is 5.72. The Hall–Kier alpha value is -1.44. The van der Waals surface area contributed by atoms with Crippen LogP contribution < -0.4 is 10.1 Å². The van der Waals surface area contributed by atoms with Crippen molar-refractivity contribution in [2.45, 2.75) is 31.2 Å². The predicted octanol–water partition coefficient (Wildman–Crippen LogP) is 3.32. The van der Waals surface area contributed by atoms with Crippen molar-refractivity contribution in [3.8, 4) is 11.8 Å². The lowest BCUT2D eigenvalue weighted by Crippen LogP contribution is -2.47. The van der Waals surface area contributed by atoms with E-state index in [1.165, 1.54) is 0 Å². The fourth-order valence-electron chi connectivity index (χ4n) is 2.31. The van der Waals surface area contributed by atoms with Gasteiger partial charge >= 0.3 is 0 Å². The number of ether oxygens (including phenoxy) is 1. The molecule has 4 nitrogen and oxygen atoms in total. The molecule has 0 unspecified atom stereocenters. The normalized spacial score (nSPS) is 16.4. The summed E-state index contributed by atoms with van der Waals surface area (Å²) in [7, 11) is 0. The summed E-state index contributed by atoms with van der Waals surface area (Å²) < 4.78 is 5.34. The van der Waals surface area contributed by atoms with Crippen LogP contribution in [-0.4, -0.2) is 18.1 Å². The van der Waals surface area contributed by atoms with Crippen LogP contribution in [0.1, 0.15) is 25.7 Å². The molecule has 106 valence electrons. The summed E-state index contributed by atoms with van der Waals surface area (Å²) in [4.78, 5) is 11.9. The SMILES string of the molecule is N#CC1(NC(=O)COc2cc(Cl)cc(Cl)c2)CCCC1. The molecule has 1 aliphatic rings. The highest BCUT2D eigenvalue weighted by Gasteiger charge is 2.35. The first-order chi connectivity index (χ1) is 9.53. The van der Waals surface area contributed by atoms with Gasteiger partial charge in [-0.15, -0.1) is 0 Å². The lowest BCUT2D eigenvalue weighted by molar-refractivity contribution is -0.124. The number of nitrogens with zero attached hydrogens (tertiary/aromatic N) is 1. The van der Waals surface area contributed by atoms with Crippen molar-refractivity contribution in [3.05, 3.63) is 28.2 Å². The van der Waals surface area contributed by atoms with E-state index in [2.05, 4.69) is 11.4 Å². The van der Waals surface area contributed by atoms with E-state index in [9.17, 15) is 10.1 Å². The first kappa shape index (κ1) is 15.0. The van der Waals surface area contributed by atoms with Crippen molar-refractivity contribution in [2.24, 2.45) is 0 Å². The van der Waals surface area contributed by atoms with Crippen LogP contribution in [0.5, 0.6) is 5.75 Å². The smallest absolute Gasteiger partial charge is 0.259 e. The maximum Gasteiger partial charge on any atom is 0.259 e. The molecule has 1 saturated carbocycles. The number of hydrogen-bond donors (Lipinski definition) is 1. The molecule has 0 bridgehead atoms. The van der Waals surface area contributed by atoms with E-state index < -0.39 is 5.54 Å². The molecule has 1 aliphatic carbocycles. The lowest BCUT2D eigenvalue weighted by atomic mass is 10.00. The molecule has 0 spiro atoms. The van der Waals surface area contributed by atoms with Gasteiger partial charge < -0.3 is 10.1 Å². The zero-order valence-corrected chi connectivity index (χ0v) is 12.3. The van der Waals surface area contributed by atoms with E-state index in [-0.39, 0.29) is 12.5 Å². The van der Waals surface area contributed by atoms with Crippen molar-refractivity contribution in [1.29, 1.82) is 5.26 Å². The molecule has 1 amide bonds. The Kier molecular flexibility index (Phi) is 4.74. The van der Waals surface area contributed by atoms with Crippen molar-refractivity contribution in [3.63, 3.8) is 0 Å². The molecule has 1 fully saturated rings. The predicted molar refractivity (Wildman–Crippen MR) is 76.9 cm³/mol. The minimum atomic E-state index is -0.730. The number of carbonyl (C=O) groups excluding carboxylic acids is 1. The van der Waals surface area contributed by atoms with Gasteiger partial charge in [0, 0.05) is 10.0 Å². The van der Waals surface area contributed by atoms with Gasteiger partial charge in [0.05, 0.1) is 6.07 Å². The Balaban J connectivity index is 1.90. The number of nitrogens with one attached hydrogen (secondary N) is 1. The molecule has 1 aromatic rings. The third-order valence-corrected chi connectivity index (χ3v) is 3.69. The molecule has 0 aliphatic heterocycles. The average Bonchev–Trinajstić information content (AvgIpc) is 2.84. The summed E-state index contributed by atoms with van der Waals surface area (Å²) >= 11 is 11.7. The highest BCUT2D eigenvalue weighted by Crippen LogP contribution is 2.29. The highest BCUT2D eigenvalue weighted by molar-refractivity contribution is 6.34. The summed E-state index contributed by atoms with van der Waals surface area (Å²) in [6, 6.07) is 6.94. The Morgan fingerprint density at radius 1 is 1.30 bits per heavy atom. The molecule has 0 aromatic heterocycles. The largest absolute Gasteiger partial charge is 0.484 e. The fraction of sp³-hybridized carbons (Fsp3) is 0.429. The van der Waals surface area contributed by atoms with Crippen molar-refractivity contribution >= 4 is 29.1 Å². The molecular formula is C14H14Cl2N2O2. The number of hydrogen-bond acceptors (Lipinski definition) is 3.